The summed E-state index contributed by atoms with van der Waals surface area (Å²) in [5, 5.41) is 8.62. The molecule has 1 aliphatic rings. The van der Waals surface area contributed by atoms with Gasteiger partial charge >= 0.3 is 6.18 Å². The van der Waals surface area contributed by atoms with Crippen molar-refractivity contribution >= 4 is 28.7 Å². The summed E-state index contributed by atoms with van der Waals surface area (Å²) in [5.41, 5.74) is 0.383. The average Bonchev–Trinajstić information content (AvgIpc) is 3.26. The Bertz CT molecular complexity index is 1470. The number of fused-ring (bicyclic) bond motifs is 1. The van der Waals surface area contributed by atoms with Gasteiger partial charge in [0.2, 0.25) is 0 Å². The van der Waals surface area contributed by atoms with Gasteiger partial charge in [0.05, 0.1) is 12.1 Å². The van der Waals surface area contributed by atoms with Gasteiger partial charge in [0.15, 0.2) is 11.2 Å². The van der Waals surface area contributed by atoms with E-state index in [9.17, 15) is 22.8 Å². The van der Waals surface area contributed by atoms with Crippen molar-refractivity contribution in [3.63, 3.8) is 0 Å². The fourth-order valence-electron chi connectivity index (χ4n) is 4.33. The maximum Gasteiger partial charge on any atom is 0.416 e. The molecule has 1 N–H and O–H groups in total. The number of likely N-dealkylation sites (tertiary alicyclic amines) is 1. The van der Waals surface area contributed by atoms with Crippen LogP contribution >= 0.6 is 11.6 Å². The Balaban J connectivity index is 1.31. The minimum atomic E-state index is -4.45. The predicted molar refractivity (Wildman–Crippen MR) is 126 cm³/mol. The quantitative estimate of drug-likeness (QED) is 0.437. The first-order valence-electron chi connectivity index (χ1n) is 11.2. The summed E-state index contributed by atoms with van der Waals surface area (Å²) in [4.78, 5) is 34.4. The Morgan fingerprint density at radius 1 is 1.11 bits per heavy atom. The van der Waals surface area contributed by atoms with Crippen molar-refractivity contribution in [2.75, 3.05) is 13.1 Å². The minimum Gasteiger partial charge on any atom is -0.339 e. The van der Waals surface area contributed by atoms with Crippen LogP contribution in [0.2, 0.25) is 5.02 Å². The first-order chi connectivity index (χ1) is 17.2. The van der Waals surface area contributed by atoms with E-state index in [2.05, 4.69) is 20.3 Å². The van der Waals surface area contributed by atoms with E-state index in [0.717, 1.165) is 17.7 Å². The van der Waals surface area contributed by atoms with Gasteiger partial charge in [-0.2, -0.15) is 13.2 Å². The lowest BCUT2D eigenvalue weighted by atomic mass is 9.95. The van der Waals surface area contributed by atoms with Gasteiger partial charge in [-0.3, -0.25) is 9.59 Å². The molecule has 12 heteroatoms. The van der Waals surface area contributed by atoms with Gasteiger partial charge in [-0.1, -0.05) is 28.9 Å². The van der Waals surface area contributed by atoms with Crippen LogP contribution in [-0.4, -0.2) is 48.9 Å². The van der Waals surface area contributed by atoms with E-state index in [1.165, 1.54) is 12.1 Å². The zero-order chi connectivity index (χ0) is 25.4. The summed E-state index contributed by atoms with van der Waals surface area (Å²) >= 11 is 6.06. The van der Waals surface area contributed by atoms with Crippen LogP contribution in [0.5, 0.6) is 0 Å². The Morgan fingerprint density at radius 3 is 2.50 bits per heavy atom. The van der Waals surface area contributed by atoms with Crippen LogP contribution < -0.4 is 5.56 Å². The molecule has 2 aromatic heterocycles. The predicted octanol–water partition coefficient (Wildman–Crippen LogP) is 4.25. The molecule has 3 heterocycles. The molecule has 186 valence electrons. The van der Waals surface area contributed by atoms with Crippen LogP contribution in [0, 0.1) is 0 Å². The number of aromatic amines is 1. The van der Waals surface area contributed by atoms with E-state index in [0.29, 0.717) is 49.0 Å². The molecule has 5 rings (SSSR count). The Labute approximate surface area is 207 Å². The number of benzene rings is 2. The molecule has 0 radical (unpaired) electrons. The highest BCUT2D eigenvalue weighted by Gasteiger charge is 2.31. The number of piperidine rings is 1. The van der Waals surface area contributed by atoms with E-state index in [1.54, 1.807) is 21.7 Å². The molecule has 0 aliphatic carbocycles. The van der Waals surface area contributed by atoms with Crippen molar-refractivity contribution in [1.29, 1.82) is 0 Å². The van der Waals surface area contributed by atoms with E-state index in [4.69, 9.17) is 11.6 Å². The highest BCUT2D eigenvalue weighted by molar-refractivity contribution is 6.30. The third-order valence-corrected chi connectivity index (χ3v) is 6.48. The van der Waals surface area contributed by atoms with Gasteiger partial charge in [-0.15, -0.1) is 5.10 Å². The third-order valence-electron chi connectivity index (χ3n) is 6.24. The summed E-state index contributed by atoms with van der Waals surface area (Å²) in [6.45, 7) is 1.10. The number of nitrogens with zero attached hydrogens (tertiary/aromatic N) is 5. The number of nitrogens with one attached hydrogen (secondary N) is 1. The number of halogens is 4. The van der Waals surface area contributed by atoms with Crippen molar-refractivity contribution < 1.29 is 18.0 Å². The van der Waals surface area contributed by atoms with Crippen molar-refractivity contribution in [3.05, 3.63) is 86.4 Å². The second-order valence-corrected chi connectivity index (χ2v) is 9.08. The topological polar surface area (TPSA) is 96.8 Å². The third kappa shape index (κ3) is 4.83. The van der Waals surface area contributed by atoms with E-state index in [-0.39, 0.29) is 22.9 Å². The molecule has 0 bridgehead atoms. The molecule has 36 heavy (non-hydrogen) atoms. The highest BCUT2D eigenvalue weighted by Crippen LogP contribution is 2.30. The number of carbonyl (C=O) groups excluding carboxylic acids is 1. The molecule has 8 nitrogen and oxygen atoms in total. The van der Waals surface area contributed by atoms with Crippen molar-refractivity contribution in [2.45, 2.75) is 31.5 Å². The van der Waals surface area contributed by atoms with Gasteiger partial charge < -0.3 is 9.88 Å². The van der Waals surface area contributed by atoms with E-state index >= 15 is 0 Å². The number of amides is 1. The first kappa shape index (κ1) is 24.0. The molecular formula is C24H20ClF3N6O2. The molecule has 4 aromatic rings. The second kappa shape index (κ2) is 9.38. The summed E-state index contributed by atoms with van der Waals surface area (Å²) in [6, 6.07) is 11.5. The zero-order valence-corrected chi connectivity index (χ0v) is 19.6. The molecule has 0 atom stereocenters. The maximum atomic E-state index is 12.8. The average molecular weight is 517 g/mol. The van der Waals surface area contributed by atoms with Crippen LogP contribution in [-0.2, 0) is 12.7 Å². The number of carbonyl (C=O) groups is 1. The van der Waals surface area contributed by atoms with Gasteiger partial charge in [0.1, 0.15) is 5.82 Å². The van der Waals surface area contributed by atoms with E-state index in [1.807, 2.05) is 12.1 Å². The van der Waals surface area contributed by atoms with Crippen molar-refractivity contribution in [2.24, 2.45) is 0 Å². The molecular weight excluding hydrogens is 497 g/mol. The Morgan fingerprint density at radius 2 is 1.83 bits per heavy atom. The highest BCUT2D eigenvalue weighted by atomic mass is 35.5. The summed E-state index contributed by atoms with van der Waals surface area (Å²) < 4.78 is 39.9. The van der Waals surface area contributed by atoms with E-state index < -0.39 is 17.3 Å². The zero-order valence-electron chi connectivity index (χ0n) is 18.8. The largest absolute Gasteiger partial charge is 0.416 e. The number of hydrogen-bond donors (Lipinski definition) is 1. The number of alkyl halides is 3. The fourth-order valence-corrected chi connectivity index (χ4v) is 4.54. The monoisotopic (exact) mass is 516 g/mol. The molecule has 1 saturated heterocycles. The standard InChI is InChI=1S/C24H20ClF3N6O2/c25-18-3-1-2-14(12-18)13-34-21-19(31-32-34)22(35)30-20(29-21)15-8-10-33(11-9-15)23(36)16-4-6-17(7-5-16)24(26,27)28/h1-7,12,15H,8-11,13H2,(H,29,30,35). The molecule has 1 amide bonds. The van der Waals surface area contributed by atoms with Crippen LogP contribution in [0.25, 0.3) is 11.2 Å². The van der Waals surface area contributed by atoms with Crippen LogP contribution in [0.4, 0.5) is 13.2 Å². The molecule has 1 fully saturated rings. The van der Waals surface area contributed by atoms with Crippen LogP contribution in [0.3, 0.4) is 0 Å². The SMILES string of the molecule is O=C(c1ccc(C(F)(F)F)cc1)N1CCC(c2nc3c(nnn3Cc3cccc(Cl)c3)c(=O)[nH]2)CC1. The van der Waals surface area contributed by atoms with Gasteiger partial charge in [0, 0.05) is 29.6 Å². The maximum absolute atomic E-state index is 12.8. The van der Waals surface area contributed by atoms with Crippen LogP contribution in [0.15, 0.2) is 53.3 Å². The summed E-state index contributed by atoms with van der Waals surface area (Å²) in [5.74, 6) is 0.0555. The molecule has 2 aromatic carbocycles. The normalized spacial score (nSPS) is 14.9. The lowest BCUT2D eigenvalue weighted by molar-refractivity contribution is -0.137. The molecule has 1 aliphatic heterocycles. The van der Waals surface area contributed by atoms with Crippen molar-refractivity contribution in [1.82, 2.24) is 29.9 Å². The lowest BCUT2D eigenvalue weighted by Crippen LogP contribution is -2.38. The smallest absolute Gasteiger partial charge is 0.339 e. The van der Waals surface area contributed by atoms with Crippen molar-refractivity contribution in [3.8, 4) is 0 Å². The number of hydrogen-bond acceptors (Lipinski definition) is 5. The molecule has 0 saturated carbocycles. The molecule has 0 unspecified atom stereocenters. The molecule has 0 spiro atoms. The minimum absolute atomic E-state index is 0.103. The lowest BCUT2D eigenvalue weighted by Gasteiger charge is -2.31. The first-order valence-corrected chi connectivity index (χ1v) is 11.6. The van der Waals surface area contributed by atoms with Gasteiger partial charge in [-0.25, -0.2) is 9.67 Å². The Kier molecular flexibility index (Phi) is 6.25. The number of rotatable bonds is 4. The summed E-state index contributed by atoms with van der Waals surface area (Å²) in [6.07, 6.45) is -3.38. The summed E-state index contributed by atoms with van der Waals surface area (Å²) in [7, 11) is 0. The van der Waals surface area contributed by atoms with Gasteiger partial charge in [0.25, 0.3) is 11.5 Å². The fraction of sp³-hybridized carbons (Fsp3) is 0.292. The van der Waals surface area contributed by atoms with Crippen LogP contribution in [0.1, 0.15) is 46.1 Å². The Hall–Kier alpha value is -3.73. The van der Waals surface area contributed by atoms with Gasteiger partial charge in [-0.05, 0) is 54.8 Å². The number of aromatic nitrogens is 5. The second-order valence-electron chi connectivity index (χ2n) is 8.64. The number of H-pyrrole nitrogens is 1.